The van der Waals surface area contributed by atoms with E-state index in [0.29, 0.717) is 6.54 Å². The van der Waals surface area contributed by atoms with Gasteiger partial charge in [-0.05, 0) is 19.8 Å². The molecule has 1 amide bonds. The molecule has 0 aliphatic carbocycles. The van der Waals surface area contributed by atoms with Gasteiger partial charge in [0.2, 0.25) is 5.91 Å². The molecule has 2 heterocycles. The number of aromatic nitrogens is 3. The van der Waals surface area contributed by atoms with Gasteiger partial charge >= 0.3 is 0 Å². The van der Waals surface area contributed by atoms with Crippen molar-refractivity contribution in [3.05, 3.63) is 18.5 Å². The van der Waals surface area contributed by atoms with Gasteiger partial charge < -0.3 is 9.88 Å². The van der Waals surface area contributed by atoms with E-state index in [9.17, 15) is 4.79 Å². The normalized spacial score (nSPS) is 20.3. The van der Waals surface area contributed by atoms with Crippen LogP contribution in [0.2, 0.25) is 0 Å². The van der Waals surface area contributed by atoms with E-state index in [1.807, 2.05) is 17.6 Å². The molecule has 1 fully saturated rings. The molecule has 1 atom stereocenters. The highest BCUT2D eigenvalue weighted by Gasteiger charge is 2.24. The molecule has 1 aromatic heterocycles. The Kier molecular flexibility index (Phi) is 4.41. The maximum absolute atomic E-state index is 11.9. The number of carbonyl (C=O) groups excluding carboxylic acids is 1. The summed E-state index contributed by atoms with van der Waals surface area (Å²) in [7, 11) is 0. The fraction of sp³-hybridized carbons (Fsp3) is 0.583. The molecular formula is C12H18N4OS. The summed E-state index contributed by atoms with van der Waals surface area (Å²) >= 11 is 1.50. The molecule has 1 saturated heterocycles. The van der Waals surface area contributed by atoms with Crippen molar-refractivity contribution in [3.8, 4) is 0 Å². The molecule has 18 heavy (non-hydrogen) atoms. The van der Waals surface area contributed by atoms with Crippen LogP contribution in [0.5, 0.6) is 0 Å². The summed E-state index contributed by atoms with van der Waals surface area (Å²) < 4.78 is 1.98. The first-order chi connectivity index (χ1) is 8.72. The van der Waals surface area contributed by atoms with E-state index >= 15 is 0 Å². The zero-order valence-electron chi connectivity index (χ0n) is 10.6. The Morgan fingerprint density at radius 1 is 1.56 bits per heavy atom. The first kappa shape index (κ1) is 13.1. The van der Waals surface area contributed by atoms with E-state index in [2.05, 4.69) is 22.1 Å². The maximum Gasteiger partial charge on any atom is 0.233 e. The Labute approximate surface area is 111 Å². The number of rotatable bonds is 4. The number of nitrogens with zero attached hydrogens (tertiary/aromatic N) is 3. The molecular weight excluding hydrogens is 248 g/mol. The lowest BCUT2D eigenvalue weighted by Gasteiger charge is -2.12. The topological polar surface area (TPSA) is 59.8 Å². The number of nitrogens with one attached hydrogen (secondary N) is 1. The third kappa shape index (κ3) is 2.93. The smallest absolute Gasteiger partial charge is 0.233 e. The van der Waals surface area contributed by atoms with Gasteiger partial charge in [0.25, 0.3) is 0 Å². The van der Waals surface area contributed by atoms with Crippen LogP contribution >= 0.6 is 11.8 Å². The van der Waals surface area contributed by atoms with E-state index in [1.165, 1.54) is 11.8 Å². The summed E-state index contributed by atoms with van der Waals surface area (Å²) in [4.78, 5) is 11.9. The average molecular weight is 266 g/mol. The Hall–Kier alpha value is -1.30. The Bertz CT molecular complexity index is 443. The summed E-state index contributed by atoms with van der Waals surface area (Å²) in [5.74, 6) is 0.967. The lowest BCUT2D eigenvalue weighted by molar-refractivity contribution is -0.120. The highest BCUT2D eigenvalue weighted by molar-refractivity contribution is 8.00. The van der Waals surface area contributed by atoms with Gasteiger partial charge in [-0.2, -0.15) is 0 Å². The van der Waals surface area contributed by atoms with Gasteiger partial charge in [-0.15, -0.1) is 16.8 Å². The van der Waals surface area contributed by atoms with Crippen molar-refractivity contribution in [1.29, 1.82) is 0 Å². The van der Waals surface area contributed by atoms with Crippen molar-refractivity contribution in [2.45, 2.75) is 43.1 Å². The first-order valence-electron chi connectivity index (χ1n) is 6.17. The van der Waals surface area contributed by atoms with E-state index in [0.717, 1.165) is 36.8 Å². The summed E-state index contributed by atoms with van der Waals surface area (Å²) in [5, 5.41) is 11.9. The van der Waals surface area contributed by atoms with Crippen LogP contribution in [0.4, 0.5) is 0 Å². The molecule has 1 aromatic rings. The molecule has 0 saturated carbocycles. The number of thioether (sulfide) groups is 1. The zero-order valence-corrected chi connectivity index (χ0v) is 11.4. The Morgan fingerprint density at radius 3 is 3.17 bits per heavy atom. The zero-order chi connectivity index (χ0) is 13.0. The highest BCUT2D eigenvalue weighted by Crippen LogP contribution is 2.27. The lowest BCUT2D eigenvalue weighted by Crippen LogP contribution is -2.30. The maximum atomic E-state index is 11.9. The van der Waals surface area contributed by atoms with E-state index in [-0.39, 0.29) is 11.2 Å². The summed E-state index contributed by atoms with van der Waals surface area (Å²) in [6, 6.07) is 0. The predicted octanol–water partition coefficient (Wildman–Crippen LogP) is 1.53. The SMILES string of the molecule is C=CCn1c(C)nnc1SC1CCCCNC1=O. The molecule has 98 valence electrons. The summed E-state index contributed by atoms with van der Waals surface area (Å²) in [6.07, 6.45) is 4.84. The van der Waals surface area contributed by atoms with Crippen molar-refractivity contribution < 1.29 is 4.79 Å². The van der Waals surface area contributed by atoms with Crippen LogP contribution in [0.25, 0.3) is 0 Å². The fourth-order valence-electron chi connectivity index (χ4n) is 1.94. The van der Waals surface area contributed by atoms with Crippen molar-refractivity contribution in [1.82, 2.24) is 20.1 Å². The van der Waals surface area contributed by atoms with Crippen LogP contribution in [0.1, 0.15) is 25.1 Å². The molecule has 1 aliphatic rings. The van der Waals surface area contributed by atoms with Crippen molar-refractivity contribution in [2.24, 2.45) is 0 Å². The number of allylic oxidation sites excluding steroid dienone is 1. The average Bonchev–Trinajstić information content (AvgIpc) is 2.57. The summed E-state index contributed by atoms with van der Waals surface area (Å²) in [5.41, 5.74) is 0. The number of amides is 1. The molecule has 6 heteroatoms. The van der Waals surface area contributed by atoms with E-state index in [1.54, 1.807) is 0 Å². The molecule has 1 aliphatic heterocycles. The molecule has 1 N–H and O–H groups in total. The van der Waals surface area contributed by atoms with Crippen molar-refractivity contribution in [2.75, 3.05) is 6.54 Å². The van der Waals surface area contributed by atoms with E-state index < -0.39 is 0 Å². The van der Waals surface area contributed by atoms with Gasteiger partial charge in [0, 0.05) is 13.1 Å². The fourth-order valence-corrected chi connectivity index (χ4v) is 3.09. The van der Waals surface area contributed by atoms with Crippen LogP contribution in [0.3, 0.4) is 0 Å². The molecule has 0 spiro atoms. The number of aryl methyl sites for hydroxylation is 1. The second-order valence-corrected chi connectivity index (χ2v) is 5.49. The van der Waals surface area contributed by atoms with Gasteiger partial charge in [0.1, 0.15) is 5.82 Å². The minimum atomic E-state index is -0.0559. The van der Waals surface area contributed by atoms with Gasteiger partial charge in [-0.25, -0.2) is 0 Å². The molecule has 0 aromatic carbocycles. The molecule has 0 bridgehead atoms. The monoisotopic (exact) mass is 266 g/mol. The molecule has 5 nitrogen and oxygen atoms in total. The minimum absolute atomic E-state index is 0.0559. The third-order valence-corrected chi connectivity index (χ3v) is 4.19. The van der Waals surface area contributed by atoms with E-state index in [4.69, 9.17) is 0 Å². The van der Waals surface area contributed by atoms with Crippen LogP contribution in [-0.4, -0.2) is 32.5 Å². The van der Waals surface area contributed by atoms with Gasteiger partial charge in [-0.3, -0.25) is 4.79 Å². The quantitative estimate of drug-likeness (QED) is 0.840. The molecule has 2 rings (SSSR count). The van der Waals surface area contributed by atoms with Gasteiger partial charge in [0.05, 0.1) is 5.25 Å². The number of hydrogen-bond acceptors (Lipinski definition) is 4. The molecule has 0 radical (unpaired) electrons. The highest BCUT2D eigenvalue weighted by atomic mass is 32.2. The van der Waals surface area contributed by atoms with Crippen LogP contribution in [0, 0.1) is 6.92 Å². The van der Waals surface area contributed by atoms with Crippen molar-refractivity contribution in [3.63, 3.8) is 0 Å². The predicted molar refractivity (Wildman–Crippen MR) is 71.5 cm³/mol. The Balaban J connectivity index is 2.12. The Morgan fingerprint density at radius 2 is 2.39 bits per heavy atom. The second kappa shape index (κ2) is 6.04. The lowest BCUT2D eigenvalue weighted by atomic mass is 10.2. The summed E-state index contributed by atoms with van der Waals surface area (Å²) in [6.45, 7) is 7.10. The minimum Gasteiger partial charge on any atom is -0.355 e. The van der Waals surface area contributed by atoms with Gasteiger partial charge in [0.15, 0.2) is 5.16 Å². The van der Waals surface area contributed by atoms with Crippen LogP contribution < -0.4 is 5.32 Å². The number of hydrogen-bond donors (Lipinski definition) is 1. The van der Waals surface area contributed by atoms with Gasteiger partial charge in [-0.1, -0.05) is 24.3 Å². The van der Waals surface area contributed by atoms with Crippen molar-refractivity contribution >= 4 is 17.7 Å². The standard InChI is InChI=1S/C12H18N4OS/c1-3-8-16-9(2)14-15-12(16)18-10-6-4-5-7-13-11(10)17/h3,10H,1,4-8H2,2H3,(H,13,17). The molecule has 1 unspecified atom stereocenters. The second-order valence-electron chi connectivity index (χ2n) is 4.32. The largest absolute Gasteiger partial charge is 0.355 e. The van der Waals surface area contributed by atoms with Crippen LogP contribution in [0.15, 0.2) is 17.8 Å². The van der Waals surface area contributed by atoms with Crippen LogP contribution in [-0.2, 0) is 11.3 Å². The number of carbonyl (C=O) groups is 1. The first-order valence-corrected chi connectivity index (χ1v) is 7.05. The third-order valence-electron chi connectivity index (χ3n) is 2.95.